The molecule has 2 aliphatic rings. The van der Waals surface area contributed by atoms with Crippen LogP contribution in [-0.2, 0) is 11.3 Å². The molecule has 1 aliphatic heterocycles. The van der Waals surface area contributed by atoms with Crippen molar-refractivity contribution in [2.45, 2.75) is 19.4 Å². The summed E-state index contributed by atoms with van der Waals surface area (Å²) in [6.07, 6.45) is 1.70. The van der Waals surface area contributed by atoms with E-state index in [-0.39, 0.29) is 29.0 Å². The van der Waals surface area contributed by atoms with Gasteiger partial charge in [0.15, 0.2) is 17.3 Å². The monoisotopic (exact) mass is 507 g/mol. The van der Waals surface area contributed by atoms with Gasteiger partial charge in [-0.05, 0) is 32.0 Å². The van der Waals surface area contributed by atoms with Gasteiger partial charge in [-0.2, -0.15) is 4.98 Å². The number of para-hydroxylation sites is 1. The highest BCUT2D eigenvalue weighted by atomic mass is 16.5. The molecule has 1 aliphatic carbocycles. The normalized spacial score (nSPS) is 16.4. The van der Waals surface area contributed by atoms with Crippen LogP contribution in [0.25, 0.3) is 11.4 Å². The van der Waals surface area contributed by atoms with Crippen LogP contribution in [0.15, 0.2) is 28.8 Å². The van der Waals surface area contributed by atoms with E-state index in [1.54, 1.807) is 12.1 Å². The van der Waals surface area contributed by atoms with Crippen molar-refractivity contribution in [3.63, 3.8) is 0 Å². The van der Waals surface area contributed by atoms with Crippen LogP contribution in [0.5, 0.6) is 5.75 Å². The highest BCUT2D eigenvalue weighted by Gasteiger charge is 2.30. The van der Waals surface area contributed by atoms with Crippen LogP contribution < -0.4 is 21.1 Å². The smallest absolute Gasteiger partial charge is 0.271 e. The van der Waals surface area contributed by atoms with Gasteiger partial charge in [0.2, 0.25) is 17.6 Å². The van der Waals surface area contributed by atoms with Crippen molar-refractivity contribution in [3.8, 4) is 17.1 Å². The second kappa shape index (κ2) is 10.5. The fraction of sp³-hybridized carbons (Fsp3) is 0.417. The summed E-state index contributed by atoms with van der Waals surface area (Å²) in [5.41, 5.74) is 6.83. The molecule has 1 aromatic carbocycles. The Balaban J connectivity index is 1.39. The number of nitrogens with zero attached hydrogens (tertiary/aromatic N) is 6. The van der Waals surface area contributed by atoms with Gasteiger partial charge in [-0.25, -0.2) is 0 Å². The molecule has 1 saturated carbocycles. The van der Waals surface area contributed by atoms with E-state index < -0.39 is 5.91 Å². The number of aromatic nitrogens is 4. The number of likely N-dealkylation sites (N-methyl/N-ethyl adjacent to an activating group) is 1. The molecule has 1 saturated heterocycles. The van der Waals surface area contributed by atoms with Gasteiger partial charge in [-0.15, -0.1) is 10.2 Å². The molecule has 0 atom stereocenters. The molecule has 13 nitrogen and oxygen atoms in total. The minimum atomic E-state index is -0.767. The first-order valence-electron chi connectivity index (χ1n) is 12.1. The van der Waals surface area contributed by atoms with Crippen molar-refractivity contribution in [2.24, 2.45) is 11.7 Å². The Hall–Kier alpha value is -4.10. The predicted octanol–water partition coefficient (Wildman–Crippen LogP) is 1.47. The standard InChI is InChI=1S/C24H29N9O4/c1-32-8-10-33(11-9-32)13-19-28-23(31-37-19)15-4-3-5-16(21(15)36-2)26-17-12-18(27-24(35)14-6-7-14)29-30-20(17)22(25)34/h3-5,12,14H,6-11,13H2,1-2H3,(H2,25,34)(H2,26,27,29,35). The van der Waals surface area contributed by atoms with Gasteiger partial charge in [-0.1, -0.05) is 11.2 Å². The number of nitrogens with two attached hydrogens (primary N) is 1. The number of hydrogen-bond acceptors (Lipinski definition) is 11. The van der Waals surface area contributed by atoms with Crippen molar-refractivity contribution >= 4 is 29.0 Å². The van der Waals surface area contributed by atoms with E-state index in [2.05, 4.69) is 47.8 Å². The molecule has 3 aromatic rings. The molecule has 2 fully saturated rings. The molecule has 0 bridgehead atoms. The maximum absolute atomic E-state index is 12.2. The Morgan fingerprint density at radius 1 is 1.16 bits per heavy atom. The number of carbonyl (C=O) groups excluding carboxylic acids is 2. The summed E-state index contributed by atoms with van der Waals surface area (Å²) in [4.78, 5) is 33.3. The number of benzene rings is 1. The number of amides is 2. The van der Waals surface area contributed by atoms with Crippen molar-refractivity contribution in [2.75, 3.05) is 51.0 Å². The number of methoxy groups -OCH3 is 1. The number of primary amides is 1. The number of hydrogen-bond donors (Lipinski definition) is 3. The lowest BCUT2D eigenvalue weighted by molar-refractivity contribution is -0.117. The molecule has 13 heteroatoms. The maximum atomic E-state index is 12.2. The third kappa shape index (κ3) is 5.67. The number of anilines is 3. The largest absolute Gasteiger partial charge is 0.494 e. The van der Waals surface area contributed by atoms with E-state index >= 15 is 0 Å². The topological polar surface area (TPSA) is 165 Å². The first-order chi connectivity index (χ1) is 17.9. The average molecular weight is 508 g/mol. The molecule has 4 N–H and O–H groups in total. The number of rotatable bonds is 9. The van der Waals surface area contributed by atoms with Crippen molar-refractivity contribution < 1.29 is 18.8 Å². The van der Waals surface area contributed by atoms with Gasteiger partial charge in [0.05, 0.1) is 30.6 Å². The molecule has 37 heavy (non-hydrogen) atoms. The Bertz CT molecular complexity index is 1300. The van der Waals surface area contributed by atoms with Crippen LogP contribution >= 0.6 is 0 Å². The quantitative estimate of drug-likeness (QED) is 0.384. The number of carbonyl (C=O) groups is 2. The van der Waals surface area contributed by atoms with Crippen molar-refractivity contribution in [1.82, 2.24) is 30.1 Å². The van der Waals surface area contributed by atoms with E-state index in [4.69, 9.17) is 15.0 Å². The lowest BCUT2D eigenvalue weighted by Gasteiger charge is -2.31. The van der Waals surface area contributed by atoms with Gasteiger partial charge in [0, 0.05) is 38.2 Å². The van der Waals surface area contributed by atoms with E-state index in [9.17, 15) is 9.59 Å². The Kier molecular flexibility index (Phi) is 6.97. The Morgan fingerprint density at radius 3 is 2.65 bits per heavy atom. The fourth-order valence-electron chi connectivity index (χ4n) is 4.11. The van der Waals surface area contributed by atoms with Crippen LogP contribution in [0.4, 0.5) is 17.2 Å². The van der Waals surface area contributed by atoms with E-state index in [1.807, 2.05) is 6.07 Å². The molecule has 0 unspecified atom stereocenters. The summed E-state index contributed by atoms with van der Waals surface area (Å²) in [7, 11) is 3.63. The van der Waals surface area contributed by atoms with Crippen molar-refractivity contribution in [1.29, 1.82) is 0 Å². The lowest BCUT2D eigenvalue weighted by atomic mass is 10.1. The molecule has 194 valence electrons. The van der Waals surface area contributed by atoms with Crippen LogP contribution in [-0.4, -0.2) is 82.3 Å². The molecule has 0 radical (unpaired) electrons. The first-order valence-corrected chi connectivity index (χ1v) is 12.1. The van der Waals surface area contributed by atoms with E-state index in [0.29, 0.717) is 35.3 Å². The van der Waals surface area contributed by atoms with E-state index in [0.717, 1.165) is 39.0 Å². The number of ether oxygens (including phenoxy) is 1. The zero-order valence-electron chi connectivity index (χ0n) is 20.7. The highest BCUT2D eigenvalue weighted by molar-refractivity contribution is 5.99. The molecule has 2 amide bonds. The summed E-state index contributed by atoms with van der Waals surface area (Å²) >= 11 is 0. The highest BCUT2D eigenvalue weighted by Crippen LogP contribution is 2.37. The molecule has 2 aromatic heterocycles. The van der Waals surface area contributed by atoms with Crippen LogP contribution in [0, 0.1) is 5.92 Å². The van der Waals surface area contributed by atoms with Crippen LogP contribution in [0.2, 0.25) is 0 Å². The lowest BCUT2D eigenvalue weighted by Crippen LogP contribution is -2.43. The molecule has 3 heterocycles. The molecular formula is C24H29N9O4. The summed E-state index contributed by atoms with van der Waals surface area (Å²) in [6.45, 7) is 4.42. The average Bonchev–Trinajstić information content (AvgIpc) is 3.64. The van der Waals surface area contributed by atoms with Gasteiger partial charge in [0.1, 0.15) is 0 Å². The van der Waals surface area contributed by atoms with Gasteiger partial charge in [-0.3, -0.25) is 14.5 Å². The maximum Gasteiger partial charge on any atom is 0.271 e. The molecule has 5 rings (SSSR count). The van der Waals surface area contributed by atoms with Gasteiger partial charge < -0.3 is 30.5 Å². The summed E-state index contributed by atoms with van der Waals surface area (Å²) in [6, 6.07) is 6.89. The second-order valence-corrected chi connectivity index (χ2v) is 9.22. The van der Waals surface area contributed by atoms with Crippen LogP contribution in [0.3, 0.4) is 0 Å². The second-order valence-electron chi connectivity index (χ2n) is 9.22. The third-order valence-electron chi connectivity index (χ3n) is 6.38. The number of nitrogens with one attached hydrogen (secondary N) is 2. The molecule has 0 spiro atoms. The summed E-state index contributed by atoms with van der Waals surface area (Å²) in [5.74, 6) is 0.641. The minimum absolute atomic E-state index is 0.0121. The molecular weight excluding hydrogens is 478 g/mol. The minimum Gasteiger partial charge on any atom is -0.494 e. The SMILES string of the molecule is COc1c(Nc2cc(NC(=O)C3CC3)nnc2C(N)=O)cccc1-c1noc(CN2CCN(C)CC2)n1. The zero-order chi connectivity index (χ0) is 25.9. The summed E-state index contributed by atoms with van der Waals surface area (Å²) < 4.78 is 11.2. The number of piperazine rings is 1. The Labute approximate surface area is 213 Å². The van der Waals surface area contributed by atoms with Crippen molar-refractivity contribution in [3.05, 3.63) is 35.9 Å². The fourth-order valence-corrected chi connectivity index (χ4v) is 4.11. The zero-order valence-corrected chi connectivity index (χ0v) is 20.7. The third-order valence-corrected chi connectivity index (χ3v) is 6.38. The van der Waals surface area contributed by atoms with E-state index in [1.165, 1.54) is 13.2 Å². The Morgan fingerprint density at radius 2 is 1.95 bits per heavy atom. The van der Waals surface area contributed by atoms with Gasteiger partial charge in [0.25, 0.3) is 5.91 Å². The van der Waals surface area contributed by atoms with Crippen LogP contribution in [0.1, 0.15) is 29.2 Å². The first kappa shape index (κ1) is 24.6. The summed E-state index contributed by atoms with van der Waals surface area (Å²) in [5, 5.41) is 17.9. The van der Waals surface area contributed by atoms with Gasteiger partial charge >= 0.3 is 0 Å². The predicted molar refractivity (Wildman–Crippen MR) is 134 cm³/mol.